The molecule has 12 heteroatoms. The summed E-state index contributed by atoms with van der Waals surface area (Å²) in [7, 11) is -4.05. The molecule has 0 radical (unpaired) electrons. The van der Waals surface area contributed by atoms with E-state index in [0.717, 1.165) is 32.1 Å². The summed E-state index contributed by atoms with van der Waals surface area (Å²) in [5.41, 5.74) is 1.24. The molecule has 2 aromatic rings. The summed E-state index contributed by atoms with van der Waals surface area (Å²) in [6, 6.07) is 11.2. The zero-order valence-electron chi connectivity index (χ0n) is 29.7. The summed E-state index contributed by atoms with van der Waals surface area (Å²) in [5.74, 6) is -1.17. The molecular formula is C39H49ClN2O8S. The van der Waals surface area contributed by atoms with Crippen molar-refractivity contribution in [3.8, 4) is 5.75 Å². The summed E-state index contributed by atoms with van der Waals surface area (Å²) >= 11 is 6.44. The highest BCUT2D eigenvalue weighted by atomic mass is 35.5. The Bertz CT molecular complexity index is 1830. The number of hydrogen-bond acceptors (Lipinski definition) is 9. The predicted molar refractivity (Wildman–Crippen MR) is 195 cm³/mol. The zero-order chi connectivity index (χ0) is 36.2. The molecule has 1 amide bonds. The fourth-order valence-electron chi connectivity index (χ4n) is 8.63. The molecule has 7 rings (SSSR count). The third-order valence-electron chi connectivity index (χ3n) is 12.2. The van der Waals surface area contributed by atoms with Crippen molar-refractivity contribution < 1.29 is 37.3 Å². The Kier molecular flexibility index (Phi) is 9.73. The van der Waals surface area contributed by atoms with Gasteiger partial charge in [-0.2, -0.15) is 0 Å². The van der Waals surface area contributed by atoms with Gasteiger partial charge in [-0.05, 0) is 105 Å². The second-order valence-electron chi connectivity index (χ2n) is 16.2. The number of nitrogens with one attached hydrogen (secondary N) is 1. The molecule has 276 valence electrons. The van der Waals surface area contributed by atoms with Gasteiger partial charge in [0.15, 0.2) is 0 Å². The number of esters is 1. The van der Waals surface area contributed by atoms with Crippen LogP contribution in [0.5, 0.6) is 5.75 Å². The average Bonchev–Trinajstić information content (AvgIpc) is 3.20. The Morgan fingerprint density at radius 1 is 1.14 bits per heavy atom. The molecule has 1 spiro atoms. The number of halogens is 1. The van der Waals surface area contributed by atoms with Crippen molar-refractivity contribution in [2.45, 2.75) is 82.0 Å². The minimum absolute atomic E-state index is 0.0170. The lowest BCUT2D eigenvalue weighted by Gasteiger charge is -2.49. The van der Waals surface area contributed by atoms with Gasteiger partial charge in [-0.25, -0.2) is 13.1 Å². The first kappa shape index (κ1) is 36.2. The molecule has 2 N–H and O–H groups in total. The largest absolute Gasteiger partial charge is 0.490 e. The summed E-state index contributed by atoms with van der Waals surface area (Å²) in [6.07, 6.45) is 7.95. The maximum Gasteiger partial charge on any atom is 0.309 e. The first-order valence-corrected chi connectivity index (χ1v) is 20.1. The molecular weight excluding hydrogens is 692 g/mol. The Labute approximate surface area is 305 Å². The molecule has 1 saturated heterocycles. The van der Waals surface area contributed by atoms with Crippen molar-refractivity contribution in [1.29, 1.82) is 0 Å². The van der Waals surface area contributed by atoms with Crippen LogP contribution in [0.25, 0.3) is 0 Å². The van der Waals surface area contributed by atoms with Gasteiger partial charge < -0.3 is 24.2 Å². The second kappa shape index (κ2) is 13.7. The van der Waals surface area contributed by atoms with Crippen LogP contribution in [0.2, 0.25) is 5.02 Å². The van der Waals surface area contributed by atoms with E-state index in [9.17, 15) is 23.1 Å². The minimum atomic E-state index is -4.05. The van der Waals surface area contributed by atoms with Gasteiger partial charge in [-0.3, -0.25) is 9.59 Å². The van der Waals surface area contributed by atoms with Crippen LogP contribution in [0.15, 0.2) is 48.6 Å². The van der Waals surface area contributed by atoms with Gasteiger partial charge >= 0.3 is 5.97 Å². The highest BCUT2D eigenvalue weighted by Crippen LogP contribution is 2.49. The maximum absolute atomic E-state index is 13.5. The topological polar surface area (TPSA) is 131 Å². The minimum Gasteiger partial charge on any atom is -0.490 e. The highest BCUT2D eigenvalue weighted by molar-refractivity contribution is 7.90. The van der Waals surface area contributed by atoms with Gasteiger partial charge in [0.25, 0.3) is 5.91 Å². The van der Waals surface area contributed by atoms with Gasteiger partial charge in [-0.15, -0.1) is 0 Å². The van der Waals surface area contributed by atoms with Gasteiger partial charge in [0.05, 0.1) is 42.8 Å². The normalized spacial score (nSPS) is 33.2. The maximum atomic E-state index is 13.5. The fraction of sp³-hybridized carbons (Fsp3) is 0.590. The molecule has 2 aromatic carbocycles. The SMILES string of the molecule is C[C@@H]1[C@@H](C)C/C=C/[C@](O)(CC(=O)OCC2(C)COC2)[C@@H]2CC[C@H]2CN2C[C@@]3(CCCc4cc(Cl)ccc43)COc3ccc(cc32)C(=O)NS1(=O)=O. The number of anilines is 1. The van der Waals surface area contributed by atoms with Crippen LogP contribution in [0.3, 0.4) is 0 Å². The van der Waals surface area contributed by atoms with Crippen LogP contribution in [-0.4, -0.2) is 75.8 Å². The van der Waals surface area contributed by atoms with E-state index < -0.39 is 32.8 Å². The number of sulfonamides is 1. The van der Waals surface area contributed by atoms with Gasteiger partial charge in [-0.1, -0.05) is 43.7 Å². The molecule has 2 fully saturated rings. The van der Waals surface area contributed by atoms with Crippen LogP contribution in [-0.2, 0) is 36.1 Å². The Hall–Kier alpha value is -3.12. The molecule has 1 saturated carbocycles. The lowest BCUT2D eigenvalue weighted by atomic mass is 9.63. The summed E-state index contributed by atoms with van der Waals surface area (Å²) < 4.78 is 46.8. The van der Waals surface area contributed by atoms with Gasteiger partial charge in [0, 0.05) is 34.5 Å². The molecule has 2 bridgehead atoms. The Morgan fingerprint density at radius 2 is 1.94 bits per heavy atom. The van der Waals surface area contributed by atoms with Gasteiger partial charge in [0.1, 0.15) is 12.4 Å². The van der Waals surface area contributed by atoms with Crippen molar-refractivity contribution in [3.63, 3.8) is 0 Å². The number of hydrogen-bond donors (Lipinski definition) is 2. The van der Waals surface area contributed by atoms with Crippen molar-refractivity contribution >= 4 is 39.2 Å². The second-order valence-corrected chi connectivity index (χ2v) is 18.6. The lowest BCUT2D eigenvalue weighted by Crippen LogP contribution is -2.53. The van der Waals surface area contributed by atoms with Crippen LogP contribution in [0.4, 0.5) is 5.69 Å². The van der Waals surface area contributed by atoms with Crippen molar-refractivity contribution in [3.05, 3.63) is 70.3 Å². The number of rotatable bonds is 4. The highest BCUT2D eigenvalue weighted by Gasteiger charge is 2.49. The smallest absolute Gasteiger partial charge is 0.309 e. The van der Waals surface area contributed by atoms with E-state index in [1.165, 1.54) is 11.1 Å². The summed E-state index contributed by atoms with van der Waals surface area (Å²) in [5, 5.41) is 12.2. The summed E-state index contributed by atoms with van der Waals surface area (Å²) in [4.78, 5) is 29.1. The number of aryl methyl sites for hydroxylation is 1. The van der Waals surface area contributed by atoms with E-state index in [1.54, 1.807) is 44.2 Å². The quantitative estimate of drug-likeness (QED) is 0.305. The molecule has 10 nitrogen and oxygen atoms in total. The molecule has 5 aliphatic rings. The number of fused-ring (bicyclic) bond motifs is 4. The Balaban J connectivity index is 1.27. The number of aliphatic hydroxyl groups is 1. The van der Waals surface area contributed by atoms with E-state index in [1.807, 2.05) is 19.1 Å². The van der Waals surface area contributed by atoms with E-state index in [0.29, 0.717) is 55.8 Å². The Morgan fingerprint density at radius 3 is 2.67 bits per heavy atom. The van der Waals surface area contributed by atoms with Crippen molar-refractivity contribution in [1.82, 2.24) is 4.72 Å². The molecule has 51 heavy (non-hydrogen) atoms. The van der Waals surface area contributed by atoms with Crippen molar-refractivity contribution in [2.75, 3.05) is 44.4 Å². The van der Waals surface area contributed by atoms with E-state index in [-0.39, 0.29) is 47.2 Å². The van der Waals surface area contributed by atoms with Crippen LogP contribution >= 0.6 is 11.6 Å². The van der Waals surface area contributed by atoms with E-state index >= 15 is 0 Å². The monoisotopic (exact) mass is 740 g/mol. The molecule has 6 atom stereocenters. The van der Waals surface area contributed by atoms with Crippen LogP contribution in [0, 0.1) is 23.2 Å². The fourth-order valence-corrected chi connectivity index (χ4v) is 10.1. The van der Waals surface area contributed by atoms with Crippen molar-refractivity contribution in [2.24, 2.45) is 23.2 Å². The summed E-state index contributed by atoms with van der Waals surface area (Å²) in [6.45, 7) is 8.22. The lowest BCUT2D eigenvalue weighted by molar-refractivity contribution is -0.171. The third kappa shape index (κ3) is 7.15. The standard InChI is InChI=1S/C39H49ClN2O8S/c1-25-6-4-15-39(45,18-35(43)50-23-37(3)21-48-22-37)32-11-8-29(32)19-42-20-38(14-5-7-27-16-30(40)10-12-31(27)38)24-49-34-13-9-28(17-33(34)42)36(44)41-51(46,47)26(25)2/h4,9-10,12-13,15-17,25-26,29,32,45H,5-8,11,14,18-24H2,1-3H3,(H,41,44)/b15-4+/t25-,26+,29-,32+,38-,39-/m0/s1. The zero-order valence-corrected chi connectivity index (χ0v) is 31.2. The third-order valence-corrected chi connectivity index (χ3v) is 14.3. The van der Waals surface area contributed by atoms with E-state index in [2.05, 4.69) is 15.7 Å². The molecule has 0 aromatic heterocycles. The molecule has 0 unspecified atom stereocenters. The average molecular weight is 741 g/mol. The predicted octanol–water partition coefficient (Wildman–Crippen LogP) is 5.58. The number of ether oxygens (including phenoxy) is 3. The number of nitrogens with zero attached hydrogens (tertiary/aromatic N) is 1. The number of amides is 1. The van der Waals surface area contributed by atoms with Gasteiger partial charge in [0.2, 0.25) is 10.0 Å². The first-order chi connectivity index (χ1) is 24.2. The molecule has 3 aliphatic heterocycles. The van der Waals surface area contributed by atoms with E-state index in [4.69, 9.17) is 25.8 Å². The number of carbonyl (C=O) groups excluding carboxylic acids is 2. The number of benzene rings is 2. The number of allylic oxidation sites excluding steroid dienone is 1. The van der Waals surface area contributed by atoms with Crippen LogP contribution in [0.1, 0.15) is 80.8 Å². The molecule has 3 heterocycles. The number of carbonyl (C=O) groups is 2. The molecule has 2 aliphatic carbocycles. The first-order valence-electron chi connectivity index (χ1n) is 18.2. The van der Waals surface area contributed by atoms with Crippen LogP contribution < -0.4 is 14.4 Å².